The Kier molecular flexibility index (Phi) is 6.15. The first-order chi connectivity index (χ1) is 17.8. The van der Waals surface area contributed by atoms with Crippen molar-refractivity contribution in [1.29, 1.82) is 0 Å². The molecule has 1 unspecified atom stereocenters. The van der Waals surface area contributed by atoms with Gasteiger partial charge in [-0.15, -0.1) is 0 Å². The number of nitrogens with zero attached hydrogens (tertiary/aromatic N) is 4. The highest BCUT2D eigenvalue weighted by Gasteiger charge is 2.37. The number of nitrogens with one attached hydrogen (secondary N) is 1. The Bertz CT molecular complexity index is 1540. The first kappa shape index (κ1) is 25.7. The van der Waals surface area contributed by atoms with Crippen molar-refractivity contribution < 1.29 is 26.7 Å². The molecule has 0 spiro atoms. The standard InChI is InChI=1S/C26H25F5N6O/c1-14-11-17(15(2)33-19-6-4-3-5-16(19)22(32)38)21-18(12-14)23-34-20(26(29,30)31)13-37(23)24(35-21)36-9-7-25(27,28)8-10-36/h3-6,11-13,15,33H,7-10H2,1-2H3,(H2,32,38). The second-order valence-corrected chi connectivity index (χ2v) is 9.60. The van der Waals surface area contributed by atoms with Gasteiger partial charge < -0.3 is 16.0 Å². The molecule has 0 aliphatic carbocycles. The minimum atomic E-state index is -4.70. The molecule has 7 nitrogen and oxygen atoms in total. The van der Waals surface area contributed by atoms with Crippen molar-refractivity contribution in [2.75, 3.05) is 23.3 Å². The fourth-order valence-electron chi connectivity index (χ4n) is 4.84. The van der Waals surface area contributed by atoms with E-state index >= 15 is 0 Å². The number of aromatic nitrogens is 3. The molecule has 2 aromatic heterocycles. The zero-order chi connectivity index (χ0) is 27.4. The van der Waals surface area contributed by atoms with Crippen LogP contribution >= 0.6 is 0 Å². The van der Waals surface area contributed by atoms with Crippen molar-refractivity contribution in [1.82, 2.24) is 14.4 Å². The summed E-state index contributed by atoms with van der Waals surface area (Å²) in [7, 11) is 0. The molecule has 1 atom stereocenters. The minimum absolute atomic E-state index is 0.0318. The molecule has 0 bridgehead atoms. The number of imidazole rings is 1. The summed E-state index contributed by atoms with van der Waals surface area (Å²) in [5.41, 5.74) is 7.00. The van der Waals surface area contributed by atoms with Crippen LogP contribution in [0.3, 0.4) is 0 Å². The summed E-state index contributed by atoms with van der Waals surface area (Å²) in [5.74, 6) is -3.34. The lowest BCUT2D eigenvalue weighted by Crippen LogP contribution is -2.40. The zero-order valence-electron chi connectivity index (χ0n) is 20.6. The number of fused-ring (bicyclic) bond motifs is 3. The third kappa shape index (κ3) is 4.70. The Morgan fingerprint density at radius 3 is 2.47 bits per heavy atom. The lowest BCUT2D eigenvalue weighted by Gasteiger charge is -2.33. The molecule has 5 rings (SSSR count). The lowest BCUT2D eigenvalue weighted by molar-refractivity contribution is -0.140. The normalized spacial score (nSPS) is 16.7. The Labute approximate surface area is 214 Å². The molecule has 1 aliphatic rings. The number of halogens is 5. The van der Waals surface area contributed by atoms with Crippen LogP contribution in [0.15, 0.2) is 42.6 Å². The van der Waals surface area contributed by atoms with E-state index in [9.17, 15) is 26.7 Å². The van der Waals surface area contributed by atoms with Crippen molar-refractivity contribution >= 4 is 34.1 Å². The molecule has 1 amide bonds. The highest BCUT2D eigenvalue weighted by atomic mass is 19.4. The quantitative estimate of drug-likeness (QED) is 0.321. The van der Waals surface area contributed by atoms with Gasteiger partial charge in [-0.1, -0.05) is 18.2 Å². The number of hydrogen-bond acceptors (Lipinski definition) is 5. The van der Waals surface area contributed by atoms with E-state index in [1.54, 1.807) is 42.2 Å². The van der Waals surface area contributed by atoms with Crippen molar-refractivity contribution in [2.24, 2.45) is 5.73 Å². The van der Waals surface area contributed by atoms with Crippen molar-refractivity contribution in [2.45, 2.75) is 44.8 Å². The maximum Gasteiger partial charge on any atom is 0.434 e. The summed E-state index contributed by atoms with van der Waals surface area (Å²) in [4.78, 5) is 22.1. The average Bonchev–Trinajstić information content (AvgIpc) is 3.30. The number of para-hydroxylation sites is 1. The lowest BCUT2D eigenvalue weighted by atomic mass is 10.00. The SMILES string of the molecule is Cc1cc(C(C)Nc2ccccc2C(N)=O)c2nc(N3CCC(F)(F)CC3)n3cc(C(F)(F)F)nc3c2c1. The molecule has 3 heterocycles. The van der Waals surface area contributed by atoms with Gasteiger partial charge in [-0.3, -0.25) is 9.20 Å². The Balaban J connectivity index is 1.70. The van der Waals surface area contributed by atoms with E-state index in [0.717, 1.165) is 11.8 Å². The monoisotopic (exact) mass is 532 g/mol. The van der Waals surface area contributed by atoms with Crippen LogP contribution in [0.4, 0.5) is 33.6 Å². The molecule has 1 saturated heterocycles. The van der Waals surface area contributed by atoms with Gasteiger partial charge in [-0.05, 0) is 37.6 Å². The maximum absolute atomic E-state index is 13.9. The van der Waals surface area contributed by atoms with Crippen molar-refractivity contribution in [3.63, 3.8) is 0 Å². The summed E-state index contributed by atoms with van der Waals surface area (Å²) >= 11 is 0. The van der Waals surface area contributed by atoms with E-state index < -0.39 is 42.6 Å². The third-order valence-electron chi connectivity index (χ3n) is 6.76. The van der Waals surface area contributed by atoms with Gasteiger partial charge in [-0.2, -0.15) is 13.2 Å². The molecule has 3 N–H and O–H groups in total. The topological polar surface area (TPSA) is 88.5 Å². The zero-order valence-corrected chi connectivity index (χ0v) is 20.6. The molecule has 12 heteroatoms. The van der Waals surface area contributed by atoms with E-state index in [1.165, 1.54) is 4.40 Å². The number of carbonyl (C=O) groups is 1. The Hall–Kier alpha value is -3.96. The Morgan fingerprint density at radius 1 is 1.13 bits per heavy atom. The molecule has 0 radical (unpaired) electrons. The van der Waals surface area contributed by atoms with Crippen molar-refractivity contribution in [3.05, 3.63) is 65.0 Å². The Morgan fingerprint density at radius 2 is 1.82 bits per heavy atom. The van der Waals surface area contributed by atoms with Crippen molar-refractivity contribution in [3.8, 4) is 0 Å². The van der Waals surface area contributed by atoms with Crippen LogP contribution in [0.2, 0.25) is 0 Å². The van der Waals surface area contributed by atoms with Crippen LogP contribution in [-0.2, 0) is 6.18 Å². The number of anilines is 2. The molecule has 1 aliphatic heterocycles. The number of benzene rings is 2. The van der Waals surface area contributed by atoms with Crippen LogP contribution in [0.1, 0.15) is 53.0 Å². The van der Waals surface area contributed by atoms with E-state index in [0.29, 0.717) is 22.2 Å². The van der Waals surface area contributed by atoms with E-state index in [1.807, 2.05) is 13.0 Å². The van der Waals surface area contributed by atoms with E-state index in [-0.39, 0.29) is 30.2 Å². The highest BCUT2D eigenvalue weighted by Crippen LogP contribution is 2.37. The molecule has 38 heavy (non-hydrogen) atoms. The highest BCUT2D eigenvalue weighted by molar-refractivity contribution is 5.99. The fourth-order valence-corrected chi connectivity index (χ4v) is 4.84. The minimum Gasteiger partial charge on any atom is -0.378 e. The molecule has 4 aromatic rings. The van der Waals surface area contributed by atoms with Crippen LogP contribution in [0, 0.1) is 6.92 Å². The summed E-state index contributed by atoms with van der Waals surface area (Å²) in [6, 6.07) is 9.80. The van der Waals surface area contributed by atoms with Crippen LogP contribution in [-0.4, -0.2) is 39.3 Å². The summed E-state index contributed by atoms with van der Waals surface area (Å²) in [5, 5.41) is 3.64. The predicted octanol–water partition coefficient (Wildman–Crippen LogP) is 5.72. The van der Waals surface area contributed by atoms with E-state index in [4.69, 9.17) is 10.7 Å². The molecule has 0 saturated carbocycles. The number of rotatable bonds is 5. The molecular weight excluding hydrogens is 507 g/mol. The number of carbonyl (C=O) groups excluding carboxylic acids is 1. The van der Waals surface area contributed by atoms with Crippen LogP contribution in [0.25, 0.3) is 16.6 Å². The van der Waals surface area contributed by atoms with Gasteiger partial charge in [-0.25, -0.2) is 18.7 Å². The fraction of sp³-hybridized carbons (Fsp3) is 0.346. The molecular formula is C26H25F5N6O. The predicted molar refractivity (Wildman–Crippen MR) is 134 cm³/mol. The van der Waals surface area contributed by atoms with Gasteiger partial charge in [0.2, 0.25) is 5.95 Å². The number of piperidine rings is 1. The summed E-state index contributed by atoms with van der Waals surface area (Å²) < 4.78 is 70.0. The number of nitrogens with two attached hydrogens (primary N) is 1. The van der Waals surface area contributed by atoms with Crippen LogP contribution < -0.4 is 16.0 Å². The van der Waals surface area contributed by atoms with Crippen LogP contribution in [0.5, 0.6) is 0 Å². The molecule has 2 aromatic carbocycles. The maximum atomic E-state index is 13.9. The summed E-state index contributed by atoms with van der Waals surface area (Å²) in [6.07, 6.45) is -4.71. The second kappa shape index (κ2) is 9.10. The molecule has 1 fully saturated rings. The average molecular weight is 533 g/mol. The number of primary amides is 1. The van der Waals surface area contributed by atoms with E-state index in [2.05, 4.69) is 10.3 Å². The number of hydrogen-bond donors (Lipinski definition) is 2. The number of amides is 1. The first-order valence-corrected chi connectivity index (χ1v) is 12.0. The second-order valence-electron chi connectivity index (χ2n) is 9.60. The van der Waals surface area contributed by atoms with Gasteiger partial charge in [0.1, 0.15) is 5.65 Å². The number of aryl methyl sites for hydroxylation is 1. The summed E-state index contributed by atoms with van der Waals surface area (Å²) in [6.45, 7) is 3.49. The molecule has 200 valence electrons. The largest absolute Gasteiger partial charge is 0.434 e. The van der Waals surface area contributed by atoms with Gasteiger partial charge in [0.05, 0.1) is 17.1 Å². The number of alkyl halides is 5. The first-order valence-electron chi connectivity index (χ1n) is 12.0. The van der Waals surface area contributed by atoms with Gasteiger partial charge in [0, 0.05) is 48.8 Å². The van der Waals surface area contributed by atoms with Gasteiger partial charge in [0.15, 0.2) is 5.69 Å². The third-order valence-corrected chi connectivity index (χ3v) is 6.76. The smallest absolute Gasteiger partial charge is 0.378 e. The van der Waals surface area contributed by atoms with Gasteiger partial charge >= 0.3 is 6.18 Å². The van der Waals surface area contributed by atoms with Gasteiger partial charge in [0.25, 0.3) is 11.8 Å².